The van der Waals surface area contributed by atoms with E-state index in [1.54, 1.807) is 24.3 Å². The lowest BCUT2D eigenvalue weighted by atomic mass is 10.1. The summed E-state index contributed by atoms with van der Waals surface area (Å²) in [5, 5.41) is 0. The number of H-pyrrole nitrogens is 1. The van der Waals surface area contributed by atoms with Gasteiger partial charge in [0.05, 0.1) is 12.1 Å². The van der Waals surface area contributed by atoms with Gasteiger partial charge in [0.15, 0.2) is 5.69 Å². The number of aromatic amines is 1. The molecule has 34 heavy (non-hydrogen) atoms. The number of hydrogen-bond acceptors (Lipinski definition) is 4. The normalized spacial score (nSPS) is 11.6. The van der Waals surface area contributed by atoms with Crippen molar-refractivity contribution < 1.29 is 18.0 Å². The standard InChI is InChI=1S/C24H25F3N4O3/c1-15(2)12-13-30(22(33)17-8-10-18(11-9-17)24(25,26)27)19-20(28)31(23(34)29-21(19)32)14-16-6-4-3-5-7-16/h3-11,15H,12-14,28H2,1-2H3,(H,29,32,34). The van der Waals surface area contributed by atoms with E-state index < -0.39 is 28.9 Å². The molecule has 180 valence electrons. The van der Waals surface area contributed by atoms with E-state index in [-0.39, 0.29) is 36.1 Å². The molecule has 0 saturated heterocycles. The summed E-state index contributed by atoms with van der Waals surface area (Å²) in [6, 6.07) is 12.6. The van der Waals surface area contributed by atoms with Crippen LogP contribution in [-0.4, -0.2) is 22.0 Å². The van der Waals surface area contributed by atoms with Crippen LogP contribution in [0.15, 0.2) is 64.2 Å². The Morgan fingerprint density at radius 2 is 1.68 bits per heavy atom. The third-order valence-corrected chi connectivity index (χ3v) is 5.30. The molecule has 0 unspecified atom stereocenters. The van der Waals surface area contributed by atoms with Crippen molar-refractivity contribution in [2.45, 2.75) is 33.0 Å². The van der Waals surface area contributed by atoms with Gasteiger partial charge in [0.25, 0.3) is 11.5 Å². The predicted octanol–water partition coefficient (Wildman–Crippen LogP) is 3.88. The molecule has 0 aliphatic carbocycles. The SMILES string of the molecule is CC(C)CCN(C(=O)c1ccc(C(F)(F)F)cc1)c1c(N)n(Cc2ccccc2)c(=O)[nH]c1=O. The van der Waals surface area contributed by atoms with Crippen molar-refractivity contribution in [2.75, 3.05) is 17.2 Å². The average Bonchev–Trinajstić information content (AvgIpc) is 2.78. The molecular formula is C24H25F3N4O3. The first kappa shape index (κ1) is 24.8. The van der Waals surface area contributed by atoms with Crippen LogP contribution in [0.3, 0.4) is 0 Å². The van der Waals surface area contributed by atoms with E-state index in [1.807, 2.05) is 19.9 Å². The minimum Gasteiger partial charge on any atom is -0.383 e. The van der Waals surface area contributed by atoms with Crippen LogP contribution in [0.25, 0.3) is 0 Å². The Labute approximate surface area is 193 Å². The molecule has 1 amide bonds. The number of alkyl halides is 3. The molecule has 7 nitrogen and oxygen atoms in total. The first-order chi connectivity index (χ1) is 16.0. The molecule has 2 aromatic carbocycles. The van der Waals surface area contributed by atoms with Crippen LogP contribution in [0.5, 0.6) is 0 Å². The maximum Gasteiger partial charge on any atom is 0.416 e. The van der Waals surface area contributed by atoms with Gasteiger partial charge in [-0.2, -0.15) is 13.2 Å². The van der Waals surface area contributed by atoms with Crippen LogP contribution in [0.2, 0.25) is 0 Å². The Morgan fingerprint density at radius 1 is 1.06 bits per heavy atom. The number of aromatic nitrogens is 2. The molecule has 10 heteroatoms. The molecule has 0 atom stereocenters. The highest BCUT2D eigenvalue weighted by Crippen LogP contribution is 2.29. The summed E-state index contributed by atoms with van der Waals surface area (Å²) in [4.78, 5) is 41.9. The van der Waals surface area contributed by atoms with Gasteiger partial charge < -0.3 is 10.6 Å². The van der Waals surface area contributed by atoms with E-state index in [4.69, 9.17) is 5.73 Å². The molecule has 3 rings (SSSR count). The van der Waals surface area contributed by atoms with Gasteiger partial charge in [0.2, 0.25) is 0 Å². The number of hydrogen-bond donors (Lipinski definition) is 2. The number of rotatable bonds is 7. The minimum absolute atomic E-state index is 0.0450. The number of carbonyl (C=O) groups excluding carboxylic acids is 1. The number of nitrogen functional groups attached to an aromatic ring is 1. The van der Waals surface area contributed by atoms with Crippen LogP contribution in [-0.2, 0) is 12.7 Å². The number of nitrogens with zero attached hydrogens (tertiary/aromatic N) is 2. The molecule has 3 N–H and O–H groups in total. The van der Waals surface area contributed by atoms with Crippen molar-refractivity contribution in [1.29, 1.82) is 0 Å². The van der Waals surface area contributed by atoms with Crippen LogP contribution in [0.4, 0.5) is 24.7 Å². The number of halogens is 3. The van der Waals surface area contributed by atoms with Gasteiger partial charge in [-0.1, -0.05) is 44.2 Å². The van der Waals surface area contributed by atoms with Gasteiger partial charge in [0.1, 0.15) is 5.82 Å². The summed E-state index contributed by atoms with van der Waals surface area (Å²) in [5.74, 6) is -0.753. The van der Waals surface area contributed by atoms with Gasteiger partial charge in [-0.15, -0.1) is 0 Å². The van der Waals surface area contributed by atoms with Crippen molar-refractivity contribution >= 4 is 17.4 Å². The van der Waals surface area contributed by atoms with E-state index in [0.717, 1.165) is 39.3 Å². The number of nitrogens with two attached hydrogens (primary N) is 1. The molecular weight excluding hydrogens is 449 g/mol. The van der Waals surface area contributed by atoms with E-state index >= 15 is 0 Å². The Morgan fingerprint density at radius 3 is 2.24 bits per heavy atom. The lowest BCUT2D eigenvalue weighted by Gasteiger charge is -2.25. The second-order valence-electron chi connectivity index (χ2n) is 8.28. The Bertz CT molecular complexity index is 1260. The van der Waals surface area contributed by atoms with Gasteiger partial charge in [-0.3, -0.25) is 19.1 Å². The van der Waals surface area contributed by atoms with Gasteiger partial charge in [-0.05, 0) is 42.2 Å². The summed E-state index contributed by atoms with van der Waals surface area (Å²) in [6.07, 6.45) is -4.06. The van der Waals surface area contributed by atoms with Crippen LogP contribution < -0.4 is 21.9 Å². The maximum atomic E-state index is 13.3. The smallest absolute Gasteiger partial charge is 0.383 e. The highest BCUT2D eigenvalue weighted by Gasteiger charge is 2.31. The van der Waals surface area contributed by atoms with Crippen LogP contribution in [0, 0.1) is 5.92 Å². The monoisotopic (exact) mass is 474 g/mol. The van der Waals surface area contributed by atoms with E-state index in [1.165, 1.54) is 0 Å². The van der Waals surface area contributed by atoms with Crippen LogP contribution >= 0.6 is 0 Å². The first-order valence-corrected chi connectivity index (χ1v) is 10.6. The lowest BCUT2D eigenvalue weighted by molar-refractivity contribution is -0.137. The van der Waals surface area contributed by atoms with E-state index in [9.17, 15) is 27.6 Å². The molecule has 0 bridgehead atoms. The summed E-state index contributed by atoms with van der Waals surface area (Å²) in [7, 11) is 0. The fraction of sp³-hybridized carbons (Fsp3) is 0.292. The number of carbonyl (C=O) groups is 1. The molecule has 0 spiro atoms. The summed E-state index contributed by atoms with van der Waals surface area (Å²) < 4.78 is 39.9. The zero-order valence-electron chi connectivity index (χ0n) is 18.7. The Hall–Kier alpha value is -3.82. The Kier molecular flexibility index (Phi) is 7.29. The summed E-state index contributed by atoms with van der Waals surface area (Å²) in [5.41, 5.74) is 4.24. The topological polar surface area (TPSA) is 101 Å². The van der Waals surface area contributed by atoms with Crippen molar-refractivity contribution in [2.24, 2.45) is 5.92 Å². The van der Waals surface area contributed by atoms with Crippen molar-refractivity contribution in [3.05, 3.63) is 92.1 Å². The third kappa shape index (κ3) is 5.56. The highest BCUT2D eigenvalue weighted by molar-refractivity contribution is 6.07. The molecule has 3 aromatic rings. The molecule has 0 aliphatic heterocycles. The van der Waals surface area contributed by atoms with Crippen molar-refractivity contribution in [1.82, 2.24) is 9.55 Å². The average molecular weight is 474 g/mol. The maximum absolute atomic E-state index is 13.3. The zero-order chi connectivity index (χ0) is 25.0. The number of amides is 1. The first-order valence-electron chi connectivity index (χ1n) is 10.6. The van der Waals surface area contributed by atoms with E-state index in [0.29, 0.717) is 6.42 Å². The largest absolute Gasteiger partial charge is 0.416 e. The quantitative estimate of drug-likeness (QED) is 0.543. The van der Waals surface area contributed by atoms with Gasteiger partial charge in [-0.25, -0.2) is 4.79 Å². The molecule has 1 aromatic heterocycles. The lowest BCUT2D eigenvalue weighted by Crippen LogP contribution is -2.42. The van der Waals surface area contributed by atoms with Gasteiger partial charge in [0, 0.05) is 12.1 Å². The fourth-order valence-electron chi connectivity index (χ4n) is 3.42. The number of nitrogens with one attached hydrogen (secondary N) is 1. The molecule has 1 heterocycles. The van der Waals surface area contributed by atoms with Gasteiger partial charge >= 0.3 is 11.9 Å². The predicted molar refractivity (Wildman–Crippen MR) is 124 cm³/mol. The molecule has 0 saturated carbocycles. The van der Waals surface area contributed by atoms with Crippen molar-refractivity contribution in [3.63, 3.8) is 0 Å². The summed E-state index contributed by atoms with van der Waals surface area (Å²) in [6.45, 7) is 3.98. The third-order valence-electron chi connectivity index (χ3n) is 5.30. The zero-order valence-corrected chi connectivity index (χ0v) is 18.7. The number of anilines is 2. The fourth-order valence-corrected chi connectivity index (χ4v) is 3.42. The summed E-state index contributed by atoms with van der Waals surface area (Å²) >= 11 is 0. The minimum atomic E-state index is -4.55. The molecule has 0 fully saturated rings. The van der Waals surface area contributed by atoms with Crippen LogP contribution in [0.1, 0.15) is 41.8 Å². The van der Waals surface area contributed by atoms with Crippen molar-refractivity contribution in [3.8, 4) is 0 Å². The second kappa shape index (κ2) is 9.98. The Balaban J connectivity index is 2.08. The second-order valence-corrected chi connectivity index (χ2v) is 8.28. The molecule has 0 aliphatic rings. The highest BCUT2D eigenvalue weighted by atomic mass is 19.4. The molecule has 0 radical (unpaired) electrons. The number of benzene rings is 2. The van der Waals surface area contributed by atoms with E-state index in [2.05, 4.69) is 4.98 Å².